The molecule has 134 valence electrons. The minimum absolute atomic E-state index is 0.152. The first kappa shape index (κ1) is 18.8. The lowest BCUT2D eigenvalue weighted by atomic mass is 10.1. The Bertz CT molecular complexity index is 874. The lowest BCUT2D eigenvalue weighted by Gasteiger charge is -2.22. The zero-order valence-corrected chi connectivity index (χ0v) is 15.8. The Balaban J connectivity index is 2.46. The molecular formula is C18H22N2O4S. The number of anilines is 1. The zero-order valence-electron chi connectivity index (χ0n) is 15.0. The topological polar surface area (TPSA) is 66.9 Å². The molecule has 0 unspecified atom stereocenters. The zero-order chi connectivity index (χ0) is 18.8. The Morgan fingerprint density at radius 1 is 1.00 bits per heavy atom. The van der Waals surface area contributed by atoms with Gasteiger partial charge in [0.25, 0.3) is 15.9 Å². The first-order valence-corrected chi connectivity index (χ1v) is 9.07. The monoisotopic (exact) mass is 362 g/mol. The largest absolute Gasteiger partial charge is 0.497 e. The maximum atomic E-state index is 12.9. The number of sulfonamides is 1. The van der Waals surface area contributed by atoms with E-state index in [2.05, 4.69) is 0 Å². The minimum atomic E-state index is -3.75. The van der Waals surface area contributed by atoms with Crippen LogP contribution in [-0.4, -0.2) is 47.5 Å². The van der Waals surface area contributed by atoms with E-state index in [9.17, 15) is 13.2 Å². The van der Waals surface area contributed by atoms with Gasteiger partial charge in [-0.15, -0.1) is 0 Å². The lowest BCUT2D eigenvalue weighted by molar-refractivity contribution is 0.0827. The molecule has 2 rings (SSSR count). The normalized spacial score (nSPS) is 11.1. The van der Waals surface area contributed by atoms with Crippen LogP contribution >= 0.6 is 0 Å². The van der Waals surface area contributed by atoms with Crippen LogP contribution in [0.4, 0.5) is 5.69 Å². The number of carbonyl (C=O) groups is 1. The van der Waals surface area contributed by atoms with Crippen LogP contribution in [0, 0.1) is 6.92 Å². The molecule has 0 atom stereocenters. The summed E-state index contributed by atoms with van der Waals surface area (Å²) in [5.74, 6) is 0.396. The highest BCUT2D eigenvalue weighted by molar-refractivity contribution is 7.92. The summed E-state index contributed by atoms with van der Waals surface area (Å²) < 4.78 is 32.0. The van der Waals surface area contributed by atoms with Crippen molar-refractivity contribution >= 4 is 21.6 Å². The van der Waals surface area contributed by atoms with Crippen LogP contribution < -0.4 is 9.04 Å². The molecule has 0 aromatic heterocycles. The Hall–Kier alpha value is -2.54. The second-order valence-electron chi connectivity index (χ2n) is 5.85. The number of ether oxygens (including phenoxy) is 1. The summed E-state index contributed by atoms with van der Waals surface area (Å²) in [6.07, 6.45) is 0. The van der Waals surface area contributed by atoms with Crippen LogP contribution in [-0.2, 0) is 10.0 Å². The number of hydrogen-bond donors (Lipinski definition) is 0. The third-order valence-corrected chi connectivity index (χ3v) is 5.71. The van der Waals surface area contributed by atoms with E-state index < -0.39 is 10.0 Å². The average Bonchev–Trinajstić information content (AvgIpc) is 2.60. The molecule has 25 heavy (non-hydrogen) atoms. The van der Waals surface area contributed by atoms with Crippen LogP contribution in [0.15, 0.2) is 47.4 Å². The fourth-order valence-electron chi connectivity index (χ4n) is 2.38. The van der Waals surface area contributed by atoms with Crippen molar-refractivity contribution in [3.63, 3.8) is 0 Å². The van der Waals surface area contributed by atoms with Gasteiger partial charge in [0.15, 0.2) is 0 Å². The smallest absolute Gasteiger partial charge is 0.264 e. The van der Waals surface area contributed by atoms with E-state index in [0.29, 0.717) is 17.0 Å². The molecule has 0 radical (unpaired) electrons. The molecule has 7 heteroatoms. The third kappa shape index (κ3) is 3.76. The van der Waals surface area contributed by atoms with Gasteiger partial charge >= 0.3 is 0 Å². The molecule has 2 aromatic carbocycles. The number of benzene rings is 2. The molecule has 6 nitrogen and oxygen atoms in total. The summed E-state index contributed by atoms with van der Waals surface area (Å²) in [7, 11) is 2.55. The fourth-order valence-corrected chi connectivity index (χ4v) is 3.63. The number of aryl methyl sites for hydroxylation is 1. The molecule has 0 fully saturated rings. The molecule has 0 heterocycles. The van der Waals surface area contributed by atoms with Gasteiger partial charge < -0.3 is 9.64 Å². The molecular weight excluding hydrogens is 340 g/mol. The minimum Gasteiger partial charge on any atom is -0.497 e. The summed E-state index contributed by atoms with van der Waals surface area (Å²) >= 11 is 0. The summed E-state index contributed by atoms with van der Waals surface area (Å²) in [6, 6.07) is 11.2. The summed E-state index contributed by atoms with van der Waals surface area (Å²) in [4.78, 5) is 13.8. The van der Waals surface area contributed by atoms with Gasteiger partial charge in [-0.3, -0.25) is 9.10 Å². The van der Waals surface area contributed by atoms with Gasteiger partial charge in [-0.1, -0.05) is 6.07 Å². The predicted octanol–water partition coefficient (Wildman–Crippen LogP) is 2.53. The van der Waals surface area contributed by atoms with Gasteiger partial charge in [-0.2, -0.15) is 0 Å². The van der Waals surface area contributed by atoms with Crippen molar-refractivity contribution in [3.05, 3.63) is 53.6 Å². The number of nitrogens with zero attached hydrogens (tertiary/aromatic N) is 2. The number of methoxy groups -OCH3 is 1. The van der Waals surface area contributed by atoms with Crippen molar-refractivity contribution in [1.29, 1.82) is 0 Å². The van der Waals surface area contributed by atoms with Gasteiger partial charge in [0.05, 0.1) is 17.7 Å². The predicted molar refractivity (Wildman–Crippen MR) is 97.8 cm³/mol. The van der Waals surface area contributed by atoms with Crippen LogP contribution in [0.5, 0.6) is 5.75 Å². The van der Waals surface area contributed by atoms with Crippen LogP contribution in [0.2, 0.25) is 0 Å². The number of rotatable bonds is 5. The van der Waals surface area contributed by atoms with Crippen molar-refractivity contribution in [1.82, 2.24) is 4.90 Å². The molecule has 0 N–H and O–H groups in total. The second-order valence-corrected chi connectivity index (χ2v) is 7.82. The van der Waals surface area contributed by atoms with E-state index in [1.54, 1.807) is 51.4 Å². The molecule has 2 aromatic rings. The molecule has 0 saturated heterocycles. The highest BCUT2D eigenvalue weighted by Crippen LogP contribution is 2.27. The first-order valence-electron chi connectivity index (χ1n) is 7.63. The van der Waals surface area contributed by atoms with Crippen molar-refractivity contribution < 1.29 is 17.9 Å². The standard InChI is InChI=1S/C18H22N2O4S/c1-13-6-7-14(18(21)19(2)3)12-17(13)20(4)25(22,23)16-10-8-15(24-5)9-11-16/h6-12H,1-5H3. The SMILES string of the molecule is COc1ccc(S(=O)(=O)N(C)c2cc(C(=O)N(C)C)ccc2C)cc1. The highest BCUT2D eigenvalue weighted by atomic mass is 32.2. The maximum absolute atomic E-state index is 12.9. The summed E-state index contributed by atoms with van der Waals surface area (Å²) in [5, 5.41) is 0. The van der Waals surface area contributed by atoms with Gasteiger partial charge in [0, 0.05) is 26.7 Å². The highest BCUT2D eigenvalue weighted by Gasteiger charge is 2.23. The van der Waals surface area contributed by atoms with Gasteiger partial charge in [0.1, 0.15) is 5.75 Å². The molecule has 0 spiro atoms. The van der Waals surface area contributed by atoms with Gasteiger partial charge in [-0.05, 0) is 48.9 Å². The van der Waals surface area contributed by atoms with E-state index in [0.717, 1.165) is 5.56 Å². The molecule has 0 aliphatic rings. The third-order valence-electron chi connectivity index (χ3n) is 3.92. The van der Waals surface area contributed by atoms with Crippen LogP contribution in [0.25, 0.3) is 0 Å². The Morgan fingerprint density at radius 2 is 1.60 bits per heavy atom. The van der Waals surface area contributed by atoms with Crippen molar-refractivity contribution in [3.8, 4) is 5.75 Å². The quantitative estimate of drug-likeness (QED) is 0.820. The average molecular weight is 362 g/mol. The maximum Gasteiger partial charge on any atom is 0.264 e. The van der Waals surface area contributed by atoms with E-state index in [1.807, 2.05) is 0 Å². The fraction of sp³-hybridized carbons (Fsp3) is 0.278. The van der Waals surface area contributed by atoms with Crippen LogP contribution in [0.1, 0.15) is 15.9 Å². The Labute approximate surface area is 148 Å². The Morgan fingerprint density at radius 3 is 2.12 bits per heavy atom. The van der Waals surface area contributed by atoms with E-state index in [1.165, 1.54) is 35.5 Å². The molecule has 0 aliphatic heterocycles. The van der Waals surface area contributed by atoms with Crippen LogP contribution in [0.3, 0.4) is 0 Å². The van der Waals surface area contributed by atoms with E-state index >= 15 is 0 Å². The Kier molecular flexibility index (Phi) is 5.37. The molecule has 0 bridgehead atoms. The summed E-state index contributed by atoms with van der Waals surface area (Å²) in [5.41, 5.74) is 1.65. The van der Waals surface area contributed by atoms with E-state index in [4.69, 9.17) is 4.74 Å². The van der Waals surface area contributed by atoms with Crippen molar-refractivity contribution in [2.75, 3.05) is 32.6 Å². The number of amides is 1. The molecule has 1 amide bonds. The first-order chi connectivity index (χ1) is 11.7. The second kappa shape index (κ2) is 7.14. The van der Waals surface area contributed by atoms with Crippen molar-refractivity contribution in [2.24, 2.45) is 0 Å². The molecule has 0 saturated carbocycles. The molecule has 0 aliphatic carbocycles. The van der Waals surface area contributed by atoms with Crippen molar-refractivity contribution in [2.45, 2.75) is 11.8 Å². The van der Waals surface area contributed by atoms with Gasteiger partial charge in [-0.25, -0.2) is 8.42 Å². The summed E-state index contributed by atoms with van der Waals surface area (Å²) in [6.45, 7) is 1.80. The number of hydrogen-bond acceptors (Lipinski definition) is 4. The van der Waals surface area contributed by atoms with E-state index in [-0.39, 0.29) is 10.8 Å². The van der Waals surface area contributed by atoms with Gasteiger partial charge in [0.2, 0.25) is 0 Å². The lowest BCUT2D eigenvalue weighted by Crippen LogP contribution is -2.28. The number of carbonyl (C=O) groups excluding carboxylic acids is 1.